The second-order valence-electron chi connectivity index (χ2n) is 4.96. The number of hydrogen-bond donors (Lipinski definition) is 1. The molecule has 1 aromatic heterocycles. The minimum Gasteiger partial charge on any atom is -0.314 e. The molecule has 0 saturated heterocycles. The smallest absolute Gasteiger partial charge is 0.0314 e. The summed E-state index contributed by atoms with van der Waals surface area (Å²) in [4.78, 5) is 1.50. The van der Waals surface area contributed by atoms with Gasteiger partial charge in [0.15, 0.2) is 0 Å². The molecule has 96 valence electrons. The monoisotopic (exact) mass is 315 g/mol. The molecule has 1 atom stereocenters. The maximum atomic E-state index is 3.70. The third-order valence-electron chi connectivity index (χ3n) is 3.78. The Kier molecular flexibility index (Phi) is 5.51. The van der Waals surface area contributed by atoms with Crippen LogP contribution in [0.5, 0.6) is 0 Å². The fourth-order valence-corrected chi connectivity index (χ4v) is 4.45. The van der Waals surface area contributed by atoms with Gasteiger partial charge in [0, 0.05) is 15.4 Å². The average Bonchev–Trinajstić information content (AvgIpc) is 2.76. The Morgan fingerprint density at radius 2 is 2.18 bits per heavy atom. The van der Waals surface area contributed by atoms with Crippen molar-refractivity contribution in [2.75, 3.05) is 6.54 Å². The van der Waals surface area contributed by atoms with Gasteiger partial charge in [-0.25, -0.2) is 0 Å². The molecule has 1 saturated carbocycles. The van der Waals surface area contributed by atoms with Crippen LogP contribution in [0.15, 0.2) is 15.9 Å². The zero-order chi connectivity index (χ0) is 12.1. The van der Waals surface area contributed by atoms with Gasteiger partial charge in [-0.05, 0) is 59.1 Å². The Bertz CT molecular complexity index is 331. The van der Waals surface area contributed by atoms with Gasteiger partial charge in [-0.2, -0.15) is 0 Å². The van der Waals surface area contributed by atoms with Crippen LogP contribution in [0.2, 0.25) is 0 Å². The Morgan fingerprint density at radius 1 is 1.41 bits per heavy atom. The van der Waals surface area contributed by atoms with E-state index in [0.29, 0.717) is 6.04 Å². The van der Waals surface area contributed by atoms with Crippen molar-refractivity contribution < 1.29 is 0 Å². The van der Waals surface area contributed by atoms with Crippen LogP contribution in [-0.4, -0.2) is 12.6 Å². The van der Waals surface area contributed by atoms with Gasteiger partial charge in [0.1, 0.15) is 0 Å². The SMILES string of the molecule is CCNC(Cc1sccc1Br)C1CCCCC1. The Hall–Kier alpha value is 0.140. The van der Waals surface area contributed by atoms with Gasteiger partial charge in [0.05, 0.1) is 0 Å². The summed E-state index contributed by atoms with van der Waals surface area (Å²) in [5.41, 5.74) is 0. The summed E-state index contributed by atoms with van der Waals surface area (Å²) >= 11 is 5.53. The molecule has 1 aliphatic carbocycles. The highest BCUT2D eigenvalue weighted by molar-refractivity contribution is 9.10. The largest absolute Gasteiger partial charge is 0.314 e. The van der Waals surface area contributed by atoms with Crippen LogP contribution < -0.4 is 5.32 Å². The molecule has 0 radical (unpaired) electrons. The Morgan fingerprint density at radius 3 is 2.76 bits per heavy atom. The van der Waals surface area contributed by atoms with Crippen molar-refractivity contribution in [3.05, 3.63) is 20.8 Å². The lowest BCUT2D eigenvalue weighted by Gasteiger charge is -2.30. The first-order valence-corrected chi connectivity index (χ1v) is 8.43. The predicted molar refractivity (Wildman–Crippen MR) is 79.8 cm³/mol. The molecule has 0 spiro atoms. The predicted octanol–water partition coefficient (Wildman–Crippen LogP) is 4.61. The second-order valence-corrected chi connectivity index (χ2v) is 6.81. The van der Waals surface area contributed by atoms with E-state index in [1.165, 1.54) is 47.9 Å². The summed E-state index contributed by atoms with van der Waals surface area (Å²) in [6.45, 7) is 3.31. The van der Waals surface area contributed by atoms with E-state index in [-0.39, 0.29) is 0 Å². The Balaban J connectivity index is 1.98. The fraction of sp³-hybridized carbons (Fsp3) is 0.714. The van der Waals surface area contributed by atoms with Crippen molar-refractivity contribution in [1.82, 2.24) is 5.32 Å². The average molecular weight is 316 g/mol. The summed E-state index contributed by atoms with van der Waals surface area (Å²) in [5, 5.41) is 5.89. The first-order chi connectivity index (χ1) is 8.31. The quantitative estimate of drug-likeness (QED) is 0.836. The summed E-state index contributed by atoms with van der Waals surface area (Å²) in [6, 6.07) is 2.85. The van der Waals surface area contributed by atoms with E-state index in [1.807, 2.05) is 11.3 Å². The molecule has 0 aliphatic heterocycles. The molecule has 1 aliphatic rings. The first-order valence-electron chi connectivity index (χ1n) is 6.76. The molecule has 0 bridgehead atoms. The van der Waals surface area contributed by atoms with Crippen molar-refractivity contribution >= 4 is 27.3 Å². The van der Waals surface area contributed by atoms with E-state index < -0.39 is 0 Å². The van der Waals surface area contributed by atoms with E-state index >= 15 is 0 Å². The van der Waals surface area contributed by atoms with Crippen molar-refractivity contribution in [2.45, 2.75) is 51.5 Å². The van der Waals surface area contributed by atoms with Crippen LogP contribution in [0.4, 0.5) is 0 Å². The van der Waals surface area contributed by atoms with E-state index in [0.717, 1.165) is 12.5 Å². The summed E-state index contributed by atoms with van der Waals surface area (Å²) < 4.78 is 1.29. The zero-order valence-corrected chi connectivity index (χ0v) is 12.9. The van der Waals surface area contributed by atoms with Gasteiger partial charge in [0.2, 0.25) is 0 Å². The third kappa shape index (κ3) is 3.80. The molecule has 1 heterocycles. The van der Waals surface area contributed by atoms with Crippen molar-refractivity contribution in [3.63, 3.8) is 0 Å². The number of hydrogen-bond acceptors (Lipinski definition) is 2. The normalized spacial score (nSPS) is 19.4. The lowest BCUT2D eigenvalue weighted by Crippen LogP contribution is -2.38. The molecule has 3 heteroatoms. The van der Waals surface area contributed by atoms with Crippen LogP contribution >= 0.6 is 27.3 Å². The highest BCUT2D eigenvalue weighted by Crippen LogP contribution is 2.31. The molecule has 0 amide bonds. The molecule has 1 unspecified atom stereocenters. The number of thiophene rings is 1. The minimum atomic E-state index is 0.676. The molecule has 0 aromatic carbocycles. The first kappa shape index (κ1) is 13.6. The molecule has 2 rings (SSSR count). The lowest BCUT2D eigenvalue weighted by atomic mass is 9.82. The number of nitrogens with one attached hydrogen (secondary N) is 1. The number of rotatable bonds is 5. The highest BCUT2D eigenvalue weighted by atomic mass is 79.9. The molecule has 1 N–H and O–H groups in total. The van der Waals surface area contributed by atoms with Gasteiger partial charge in [0.25, 0.3) is 0 Å². The summed E-state index contributed by atoms with van der Waals surface area (Å²) in [7, 11) is 0. The van der Waals surface area contributed by atoms with E-state index in [4.69, 9.17) is 0 Å². The number of likely N-dealkylation sites (N-methyl/N-ethyl adjacent to an activating group) is 1. The van der Waals surface area contributed by atoms with E-state index in [1.54, 1.807) is 0 Å². The topological polar surface area (TPSA) is 12.0 Å². The molecular formula is C14H22BrNS. The van der Waals surface area contributed by atoms with Gasteiger partial charge < -0.3 is 5.32 Å². The van der Waals surface area contributed by atoms with Crippen LogP contribution in [-0.2, 0) is 6.42 Å². The standard InChI is InChI=1S/C14H22BrNS/c1-2-16-13(11-6-4-3-5-7-11)10-14-12(15)8-9-17-14/h8-9,11,13,16H,2-7,10H2,1H3. The summed E-state index contributed by atoms with van der Waals surface area (Å²) in [6.07, 6.45) is 8.33. The molecule has 1 aromatic rings. The second kappa shape index (κ2) is 6.91. The number of halogens is 1. The van der Waals surface area contributed by atoms with Crippen molar-refractivity contribution in [3.8, 4) is 0 Å². The Labute approximate surface area is 117 Å². The van der Waals surface area contributed by atoms with Crippen LogP contribution in [0.25, 0.3) is 0 Å². The fourth-order valence-electron chi connectivity index (χ4n) is 2.87. The van der Waals surface area contributed by atoms with Gasteiger partial charge in [-0.15, -0.1) is 11.3 Å². The highest BCUT2D eigenvalue weighted by Gasteiger charge is 2.23. The third-order valence-corrected chi connectivity index (χ3v) is 5.73. The van der Waals surface area contributed by atoms with Gasteiger partial charge >= 0.3 is 0 Å². The lowest BCUT2D eigenvalue weighted by molar-refractivity contribution is 0.270. The van der Waals surface area contributed by atoms with E-state index in [9.17, 15) is 0 Å². The molecule has 17 heavy (non-hydrogen) atoms. The van der Waals surface area contributed by atoms with Crippen LogP contribution in [0.3, 0.4) is 0 Å². The maximum Gasteiger partial charge on any atom is 0.0314 e. The van der Waals surface area contributed by atoms with Crippen LogP contribution in [0.1, 0.15) is 43.9 Å². The summed E-state index contributed by atoms with van der Waals surface area (Å²) in [5.74, 6) is 0.887. The zero-order valence-electron chi connectivity index (χ0n) is 10.5. The van der Waals surface area contributed by atoms with Crippen molar-refractivity contribution in [2.24, 2.45) is 5.92 Å². The maximum absolute atomic E-state index is 3.70. The molecular weight excluding hydrogens is 294 g/mol. The van der Waals surface area contributed by atoms with Gasteiger partial charge in [-0.3, -0.25) is 0 Å². The molecule has 1 nitrogen and oxygen atoms in total. The van der Waals surface area contributed by atoms with Crippen molar-refractivity contribution in [1.29, 1.82) is 0 Å². The van der Waals surface area contributed by atoms with E-state index in [2.05, 4.69) is 39.6 Å². The van der Waals surface area contributed by atoms with Gasteiger partial charge in [-0.1, -0.05) is 26.2 Å². The van der Waals surface area contributed by atoms with Crippen LogP contribution in [0, 0.1) is 5.92 Å². The minimum absolute atomic E-state index is 0.676. The molecule has 1 fully saturated rings.